The molecular weight excluding hydrogens is 207 g/mol. The van der Waals surface area contributed by atoms with Crippen LogP contribution in [0.15, 0.2) is 11.8 Å². The third kappa shape index (κ3) is 3.36. The Morgan fingerprint density at radius 3 is 2.17 bits per heavy atom. The normalized spacial score (nSPS) is 16.3. The van der Waals surface area contributed by atoms with Crippen LogP contribution in [0.4, 0.5) is 0 Å². The van der Waals surface area contributed by atoms with E-state index in [1.165, 1.54) is 13.8 Å². The summed E-state index contributed by atoms with van der Waals surface area (Å²) in [6.45, 7) is -1.92. The SMILES string of the molecule is CC(C)=COP(=O)(O)S(=O)(=O)O. The number of hydrogen-bond acceptors (Lipinski definition) is 4. The molecule has 0 saturated carbocycles. The Morgan fingerprint density at radius 2 is 1.92 bits per heavy atom. The third-order valence-corrected chi connectivity index (χ3v) is 3.68. The minimum atomic E-state index is -5.05. The van der Waals surface area contributed by atoms with Gasteiger partial charge in [-0.25, -0.2) is 4.57 Å². The van der Waals surface area contributed by atoms with Crippen molar-refractivity contribution in [1.82, 2.24) is 0 Å². The Bertz CT molecular complexity index is 323. The molecule has 1 atom stereocenters. The molecule has 0 amide bonds. The van der Waals surface area contributed by atoms with E-state index in [4.69, 9.17) is 9.45 Å². The summed E-state index contributed by atoms with van der Waals surface area (Å²) >= 11 is 0. The summed E-state index contributed by atoms with van der Waals surface area (Å²) in [6, 6.07) is 0. The maximum atomic E-state index is 10.6. The van der Waals surface area contributed by atoms with Gasteiger partial charge in [-0.1, -0.05) is 0 Å². The first-order chi connectivity index (χ1) is 5.17. The van der Waals surface area contributed by atoms with Gasteiger partial charge in [0, 0.05) is 0 Å². The van der Waals surface area contributed by atoms with E-state index in [2.05, 4.69) is 4.52 Å². The van der Waals surface area contributed by atoms with Crippen molar-refractivity contribution in [2.24, 2.45) is 0 Å². The van der Waals surface area contributed by atoms with Gasteiger partial charge in [0.25, 0.3) is 0 Å². The van der Waals surface area contributed by atoms with Crippen molar-refractivity contribution < 1.29 is 27.0 Å². The lowest BCUT2D eigenvalue weighted by Crippen LogP contribution is -1.99. The monoisotopic (exact) mass is 216 g/mol. The van der Waals surface area contributed by atoms with Crippen LogP contribution in [0.2, 0.25) is 0 Å². The van der Waals surface area contributed by atoms with Crippen LogP contribution < -0.4 is 0 Å². The van der Waals surface area contributed by atoms with E-state index in [0.29, 0.717) is 5.57 Å². The minimum Gasteiger partial charge on any atom is -0.421 e. The summed E-state index contributed by atoms with van der Waals surface area (Å²) in [6.07, 6.45) is 0.786. The van der Waals surface area contributed by atoms with E-state index in [9.17, 15) is 13.0 Å². The predicted octanol–water partition coefficient (Wildman–Crippen LogP) is 0.915. The average Bonchev–Trinajstić information content (AvgIpc) is 1.81. The number of allylic oxidation sites excluding steroid dienone is 1. The van der Waals surface area contributed by atoms with Gasteiger partial charge in [0.05, 0.1) is 6.26 Å². The molecule has 0 aromatic rings. The second-order valence-corrected chi connectivity index (χ2v) is 7.03. The molecule has 72 valence electrons. The van der Waals surface area contributed by atoms with Crippen LogP contribution in [0.25, 0.3) is 0 Å². The van der Waals surface area contributed by atoms with Crippen molar-refractivity contribution >= 4 is 16.5 Å². The standard InChI is InChI=1S/C4H9O6PS/c1-4(2)3-10-11(5,6)12(7,8)9/h3H,1-2H3,(H,5,6)(H,7,8,9). The highest BCUT2D eigenvalue weighted by Gasteiger charge is 2.36. The molecule has 0 spiro atoms. The molecule has 0 fully saturated rings. The zero-order chi connectivity index (χ0) is 9.99. The fourth-order valence-electron chi connectivity index (χ4n) is 0.226. The predicted molar refractivity (Wildman–Crippen MR) is 41.9 cm³/mol. The zero-order valence-electron chi connectivity index (χ0n) is 6.46. The van der Waals surface area contributed by atoms with E-state index in [1.807, 2.05) is 0 Å². The Balaban J connectivity index is 4.70. The molecular formula is C4H9O6PS. The van der Waals surface area contributed by atoms with Gasteiger partial charge in [-0.15, -0.1) is 0 Å². The fraction of sp³-hybridized carbons (Fsp3) is 0.500. The van der Waals surface area contributed by atoms with Crippen molar-refractivity contribution in [1.29, 1.82) is 0 Å². The van der Waals surface area contributed by atoms with Crippen molar-refractivity contribution in [3.63, 3.8) is 0 Å². The zero-order valence-corrected chi connectivity index (χ0v) is 8.17. The molecule has 0 radical (unpaired) electrons. The molecule has 8 heteroatoms. The number of hydrogen-bond donors (Lipinski definition) is 2. The molecule has 1 unspecified atom stereocenters. The van der Waals surface area contributed by atoms with Gasteiger partial charge in [-0.05, 0) is 19.4 Å². The van der Waals surface area contributed by atoms with E-state index in [1.54, 1.807) is 0 Å². The molecule has 0 heterocycles. The summed E-state index contributed by atoms with van der Waals surface area (Å²) in [4.78, 5) is 8.55. The Labute approximate surface area is 69.9 Å². The topological polar surface area (TPSA) is 101 Å². The molecule has 0 bridgehead atoms. The first-order valence-corrected chi connectivity index (χ1v) is 6.41. The second kappa shape index (κ2) is 3.57. The van der Waals surface area contributed by atoms with Crippen molar-refractivity contribution in [3.05, 3.63) is 11.8 Å². The van der Waals surface area contributed by atoms with Crippen LogP contribution in [0.3, 0.4) is 0 Å². The Kier molecular flexibility index (Phi) is 3.46. The first-order valence-electron chi connectivity index (χ1n) is 2.79. The van der Waals surface area contributed by atoms with Gasteiger partial charge >= 0.3 is 16.5 Å². The van der Waals surface area contributed by atoms with E-state index >= 15 is 0 Å². The average molecular weight is 216 g/mol. The maximum Gasteiger partial charge on any atom is 0.518 e. The lowest BCUT2D eigenvalue weighted by atomic mass is 10.4. The van der Waals surface area contributed by atoms with Crippen LogP contribution >= 0.6 is 6.80 Å². The van der Waals surface area contributed by atoms with Crippen LogP contribution in [-0.4, -0.2) is 17.9 Å². The lowest BCUT2D eigenvalue weighted by Gasteiger charge is -2.05. The molecule has 0 aromatic carbocycles. The highest BCUT2D eigenvalue weighted by molar-refractivity contribution is 8.46. The van der Waals surface area contributed by atoms with E-state index < -0.39 is 16.5 Å². The molecule has 12 heavy (non-hydrogen) atoms. The Morgan fingerprint density at radius 1 is 1.50 bits per heavy atom. The minimum absolute atomic E-state index is 0.493. The summed E-state index contributed by atoms with van der Waals surface area (Å²) in [5.74, 6) is 0. The Hall–Kier alpha value is -0.360. The summed E-state index contributed by atoms with van der Waals surface area (Å²) < 4.78 is 43.0. The largest absolute Gasteiger partial charge is 0.518 e. The van der Waals surface area contributed by atoms with Gasteiger partial charge < -0.3 is 9.42 Å². The molecule has 0 aliphatic carbocycles. The highest BCUT2D eigenvalue weighted by Crippen LogP contribution is 2.48. The third-order valence-electron chi connectivity index (χ3n) is 0.713. The van der Waals surface area contributed by atoms with Crippen LogP contribution in [0.1, 0.15) is 13.8 Å². The summed E-state index contributed by atoms with van der Waals surface area (Å²) in [7, 11) is -5.05. The molecule has 0 aliphatic rings. The second-order valence-electron chi connectivity index (χ2n) is 2.22. The van der Waals surface area contributed by atoms with Crippen LogP contribution in [0, 0.1) is 0 Å². The number of rotatable bonds is 3. The summed E-state index contributed by atoms with van der Waals surface area (Å²) in [5, 5.41) is 0. The van der Waals surface area contributed by atoms with Crippen molar-refractivity contribution in [2.45, 2.75) is 13.8 Å². The molecule has 0 saturated heterocycles. The van der Waals surface area contributed by atoms with Crippen LogP contribution in [-0.2, 0) is 18.8 Å². The van der Waals surface area contributed by atoms with Crippen molar-refractivity contribution in [3.8, 4) is 0 Å². The smallest absolute Gasteiger partial charge is 0.421 e. The molecule has 2 N–H and O–H groups in total. The quantitative estimate of drug-likeness (QED) is 0.413. The molecule has 0 rings (SSSR count). The van der Waals surface area contributed by atoms with Gasteiger partial charge in [-0.2, -0.15) is 8.42 Å². The van der Waals surface area contributed by atoms with Gasteiger partial charge in [0.15, 0.2) is 0 Å². The van der Waals surface area contributed by atoms with Crippen molar-refractivity contribution in [2.75, 3.05) is 0 Å². The van der Waals surface area contributed by atoms with Gasteiger partial charge in [0.2, 0.25) is 0 Å². The molecule has 0 aromatic heterocycles. The van der Waals surface area contributed by atoms with Gasteiger partial charge in [-0.3, -0.25) is 4.55 Å². The lowest BCUT2D eigenvalue weighted by molar-refractivity contribution is 0.353. The first kappa shape index (κ1) is 11.6. The fourth-order valence-corrected chi connectivity index (χ4v) is 1.13. The molecule has 6 nitrogen and oxygen atoms in total. The summed E-state index contributed by atoms with van der Waals surface area (Å²) in [5.41, 5.74) is 0.493. The van der Waals surface area contributed by atoms with Gasteiger partial charge in [0.1, 0.15) is 0 Å². The maximum absolute atomic E-state index is 10.6. The van der Waals surface area contributed by atoms with Crippen LogP contribution in [0.5, 0.6) is 0 Å². The molecule has 0 aliphatic heterocycles. The van der Waals surface area contributed by atoms with E-state index in [0.717, 1.165) is 6.26 Å². The highest BCUT2D eigenvalue weighted by atomic mass is 32.8. The van der Waals surface area contributed by atoms with E-state index in [-0.39, 0.29) is 0 Å².